The van der Waals surface area contributed by atoms with Gasteiger partial charge >= 0.3 is 0 Å². The van der Waals surface area contributed by atoms with E-state index in [1.54, 1.807) is 18.6 Å². The first-order chi connectivity index (χ1) is 20.0. The largest absolute Gasteiger partial charge is 0.345 e. The van der Waals surface area contributed by atoms with Crippen LogP contribution >= 0.6 is 0 Å². The molecule has 1 aromatic heterocycles. The van der Waals surface area contributed by atoms with Gasteiger partial charge in [-0.1, -0.05) is 36.4 Å². The summed E-state index contributed by atoms with van der Waals surface area (Å²) in [6, 6.07) is 19.9. The normalized spacial score (nSPS) is 16.6. The molecular formula is C31H28N6O4. The zero-order valence-corrected chi connectivity index (χ0v) is 22.2. The fourth-order valence-electron chi connectivity index (χ4n) is 5.45. The molecule has 2 N–H and O–H groups in total. The van der Waals surface area contributed by atoms with Crippen molar-refractivity contribution in [3.05, 3.63) is 106 Å². The van der Waals surface area contributed by atoms with E-state index >= 15 is 0 Å². The van der Waals surface area contributed by atoms with E-state index in [1.165, 1.54) is 12.1 Å². The van der Waals surface area contributed by atoms with E-state index in [0.717, 1.165) is 54.7 Å². The summed E-state index contributed by atoms with van der Waals surface area (Å²) in [5.41, 5.74) is 5.83. The Morgan fingerprint density at radius 1 is 1.07 bits per heavy atom. The molecule has 2 aliphatic rings. The van der Waals surface area contributed by atoms with Gasteiger partial charge in [-0.15, -0.1) is 0 Å². The van der Waals surface area contributed by atoms with Crippen molar-refractivity contribution in [3.8, 4) is 11.3 Å². The maximum absolute atomic E-state index is 13.3. The number of carbonyl (C=O) groups is 2. The number of fused-ring (bicyclic) bond motifs is 1. The number of benzene rings is 3. The predicted molar refractivity (Wildman–Crippen MR) is 155 cm³/mol. The van der Waals surface area contributed by atoms with Crippen LogP contribution in [0.3, 0.4) is 0 Å². The number of amides is 2. The van der Waals surface area contributed by atoms with E-state index in [9.17, 15) is 19.7 Å². The predicted octanol–water partition coefficient (Wildman–Crippen LogP) is 5.40. The molecule has 4 aromatic rings. The molecule has 2 aliphatic heterocycles. The molecule has 1 fully saturated rings. The number of likely N-dealkylation sites (tertiary alicyclic amines) is 1. The maximum Gasteiger partial charge on any atom is 0.269 e. The van der Waals surface area contributed by atoms with Gasteiger partial charge in [-0.2, -0.15) is 0 Å². The number of nitro groups is 1. The molecule has 10 heteroatoms. The number of aryl methyl sites for hydroxylation is 1. The molecule has 1 atom stereocenters. The van der Waals surface area contributed by atoms with Crippen LogP contribution in [0.5, 0.6) is 0 Å². The second kappa shape index (κ2) is 11.2. The van der Waals surface area contributed by atoms with Crippen LogP contribution in [0.1, 0.15) is 41.9 Å². The zero-order chi connectivity index (χ0) is 28.3. The van der Waals surface area contributed by atoms with Crippen LogP contribution in [0, 0.1) is 10.1 Å². The van der Waals surface area contributed by atoms with Crippen molar-refractivity contribution in [2.75, 3.05) is 18.4 Å². The Hall–Kier alpha value is -5.12. The third-order valence-corrected chi connectivity index (χ3v) is 7.59. The van der Waals surface area contributed by atoms with Gasteiger partial charge in [0, 0.05) is 42.9 Å². The molecule has 1 saturated heterocycles. The van der Waals surface area contributed by atoms with Crippen molar-refractivity contribution in [2.24, 2.45) is 4.99 Å². The van der Waals surface area contributed by atoms with E-state index in [4.69, 9.17) is 4.99 Å². The Morgan fingerprint density at radius 3 is 2.56 bits per heavy atom. The second-order valence-corrected chi connectivity index (χ2v) is 10.2. The number of nitro benzene ring substituents is 1. The molecule has 0 radical (unpaired) electrons. The van der Waals surface area contributed by atoms with Crippen molar-refractivity contribution < 1.29 is 14.5 Å². The Kier molecular flexibility index (Phi) is 7.11. The topological polar surface area (TPSA) is 134 Å². The quantitative estimate of drug-likeness (QED) is 0.164. The average Bonchev–Trinajstić information content (AvgIpc) is 3.73. The van der Waals surface area contributed by atoms with Crippen LogP contribution in [0.4, 0.5) is 17.1 Å². The lowest BCUT2D eigenvalue weighted by Crippen LogP contribution is -2.25. The van der Waals surface area contributed by atoms with E-state index in [0.29, 0.717) is 29.1 Å². The SMILES string of the molecule is O=C1Nc2ccc([N+](=O)[O-])cc2C1C(=Nc1ccc(-c2cnc[nH]2)cc1)c1ccc(CCCN2CCCC2=O)cc1. The fourth-order valence-corrected chi connectivity index (χ4v) is 5.45. The van der Waals surface area contributed by atoms with Crippen molar-refractivity contribution in [1.82, 2.24) is 14.9 Å². The number of hydrogen-bond acceptors (Lipinski definition) is 6. The van der Waals surface area contributed by atoms with Crippen LogP contribution in [0.15, 0.2) is 84.2 Å². The molecule has 206 valence electrons. The first-order valence-corrected chi connectivity index (χ1v) is 13.6. The number of carbonyl (C=O) groups excluding carboxylic acids is 2. The summed E-state index contributed by atoms with van der Waals surface area (Å²) >= 11 is 0. The summed E-state index contributed by atoms with van der Waals surface area (Å²) in [6.45, 7) is 1.59. The van der Waals surface area contributed by atoms with Gasteiger partial charge in [0.05, 0.1) is 34.5 Å². The van der Waals surface area contributed by atoms with Gasteiger partial charge < -0.3 is 15.2 Å². The fraction of sp³-hybridized carbons (Fsp3) is 0.226. The molecule has 0 saturated carbocycles. The van der Waals surface area contributed by atoms with Crippen LogP contribution in [0.2, 0.25) is 0 Å². The molecule has 6 rings (SSSR count). The summed E-state index contributed by atoms with van der Waals surface area (Å²) in [5.74, 6) is -0.869. The summed E-state index contributed by atoms with van der Waals surface area (Å²) in [6.07, 6.45) is 6.62. The van der Waals surface area contributed by atoms with Gasteiger partial charge in [0.1, 0.15) is 5.92 Å². The Balaban J connectivity index is 1.32. The number of nitrogens with zero attached hydrogens (tertiary/aromatic N) is 4. The smallest absolute Gasteiger partial charge is 0.269 e. The van der Waals surface area contributed by atoms with E-state index in [-0.39, 0.29) is 17.5 Å². The molecule has 10 nitrogen and oxygen atoms in total. The number of H-pyrrole nitrogens is 1. The average molecular weight is 549 g/mol. The van der Waals surface area contributed by atoms with Crippen molar-refractivity contribution in [3.63, 3.8) is 0 Å². The monoisotopic (exact) mass is 548 g/mol. The highest BCUT2D eigenvalue weighted by Crippen LogP contribution is 2.38. The Bertz CT molecular complexity index is 1630. The summed E-state index contributed by atoms with van der Waals surface area (Å²) in [5, 5.41) is 14.4. The van der Waals surface area contributed by atoms with E-state index in [2.05, 4.69) is 15.3 Å². The van der Waals surface area contributed by atoms with Crippen molar-refractivity contribution >= 4 is 34.6 Å². The lowest BCUT2D eigenvalue weighted by molar-refractivity contribution is -0.384. The number of imidazole rings is 1. The van der Waals surface area contributed by atoms with Gasteiger partial charge in [-0.3, -0.25) is 24.7 Å². The lowest BCUT2D eigenvalue weighted by atomic mass is 9.89. The highest BCUT2D eigenvalue weighted by atomic mass is 16.6. The number of anilines is 1. The number of nitrogens with one attached hydrogen (secondary N) is 2. The maximum atomic E-state index is 13.3. The molecular weight excluding hydrogens is 520 g/mol. The number of rotatable bonds is 9. The molecule has 1 unspecified atom stereocenters. The molecule has 0 bridgehead atoms. The number of hydrogen-bond donors (Lipinski definition) is 2. The summed E-state index contributed by atoms with van der Waals surface area (Å²) in [4.78, 5) is 50.2. The van der Waals surface area contributed by atoms with Crippen LogP contribution in [-0.2, 0) is 16.0 Å². The summed E-state index contributed by atoms with van der Waals surface area (Å²) in [7, 11) is 0. The molecule has 0 aliphatic carbocycles. The van der Waals surface area contributed by atoms with Crippen molar-refractivity contribution in [1.29, 1.82) is 0 Å². The third-order valence-electron chi connectivity index (χ3n) is 7.59. The number of non-ortho nitro benzene ring substituents is 1. The molecule has 3 aromatic carbocycles. The van der Waals surface area contributed by atoms with Crippen molar-refractivity contribution in [2.45, 2.75) is 31.6 Å². The van der Waals surface area contributed by atoms with Gasteiger partial charge in [-0.05, 0) is 54.2 Å². The second-order valence-electron chi connectivity index (χ2n) is 10.2. The number of aromatic nitrogens is 2. The van der Waals surface area contributed by atoms with Gasteiger partial charge in [-0.25, -0.2) is 4.98 Å². The van der Waals surface area contributed by atoms with Gasteiger partial charge in [0.15, 0.2) is 0 Å². The van der Waals surface area contributed by atoms with Gasteiger partial charge in [0.25, 0.3) is 5.69 Å². The van der Waals surface area contributed by atoms with Gasteiger partial charge in [0.2, 0.25) is 11.8 Å². The Labute approximate surface area is 236 Å². The van der Waals surface area contributed by atoms with E-state index in [1.807, 2.05) is 53.4 Å². The van der Waals surface area contributed by atoms with Crippen LogP contribution in [-0.4, -0.2) is 50.4 Å². The van der Waals surface area contributed by atoms with E-state index < -0.39 is 10.8 Å². The molecule has 0 spiro atoms. The minimum atomic E-state index is -0.816. The Morgan fingerprint density at radius 2 is 1.88 bits per heavy atom. The zero-order valence-electron chi connectivity index (χ0n) is 22.2. The van der Waals surface area contributed by atoms with Crippen LogP contribution < -0.4 is 5.32 Å². The lowest BCUT2D eigenvalue weighted by Gasteiger charge is -2.16. The summed E-state index contributed by atoms with van der Waals surface area (Å²) < 4.78 is 0. The molecule has 3 heterocycles. The standard InChI is InChI=1S/C31H28N6O4/c38-28-4-2-16-36(28)15-1-3-20-5-7-22(8-6-20)30(34-23-11-9-21(10-12-23)27-18-32-19-33-27)29-25-17-24(37(40)41)13-14-26(25)35-31(29)39/h5-14,17-19,29H,1-4,15-16H2,(H,32,33)(H,35,39). The minimum Gasteiger partial charge on any atom is -0.345 e. The van der Waals surface area contributed by atoms with Crippen LogP contribution in [0.25, 0.3) is 11.3 Å². The first-order valence-electron chi connectivity index (χ1n) is 13.6. The highest BCUT2D eigenvalue weighted by Gasteiger charge is 2.36. The first kappa shape index (κ1) is 26.1. The molecule has 2 amide bonds. The number of aromatic amines is 1. The number of aliphatic imine (C=N–C) groups is 1. The third kappa shape index (κ3) is 5.49. The highest BCUT2D eigenvalue weighted by molar-refractivity contribution is 6.24. The molecule has 41 heavy (non-hydrogen) atoms. The minimum absolute atomic E-state index is 0.0830.